The molecule has 0 aromatic carbocycles. The van der Waals surface area contributed by atoms with Gasteiger partial charge in [-0.05, 0) is 44.9 Å². The number of aryl methyl sites for hydroxylation is 2. The smallest absolute Gasteiger partial charge is 0.0331 e. The Bertz CT molecular complexity index is 284. The fourth-order valence-corrected chi connectivity index (χ4v) is 3.10. The van der Waals surface area contributed by atoms with Crippen molar-refractivity contribution in [2.24, 2.45) is 0 Å². The summed E-state index contributed by atoms with van der Waals surface area (Å²) in [6.45, 7) is 5.63. The van der Waals surface area contributed by atoms with E-state index in [0.29, 0.717) is 6.04 Å². The number of thiophene rings is 1. The van der Waals surface area contributed by atoms with Crippen molar-refractivity contribution >= 4 is 11.3 Å². The summed E-state index contributed by atoms with van der Waals surface area (Å²) in [7, 11) is 0. The van der Waals surface area contributed by atoms with E-state index in [9.17, 15) is 0 Å². The molecule has 0 aliphatic carbocycles. The van der Waals surface area contributed by atoms with Crippen LogP contribution in [0.25, 0.3) is 0 Å². The van der Waals surface area contributed by atoms with E-state index in [1.54, 1.807) is 5.56 Å². The third-order valence-corrected chi connectivity index (χ3v) is 3.75. The molecule has 1 aliphatic heterocycles. The molecular weight excluding hydrogens is 178 g/mol. The van der Waals surface area contributed by atoms with Crippen molar-refractivity contribution < 1.29 is 0 Å². The average Bonchev–Trinajstić information content (AvgIpc) is 2.47. The number of piperidine rings is 1. The zero-order chi connectivity index (χ0) is 9.26. The van der Waals surface area contributed by atoms with Gasteiger partial charge in [-0.1, -0.05) is 6.42 Å². The molecule has 1 fully saturated rings. The Hall–Kier alpha value is -0.340. The summed E-state index contributed by atoms with van der Waals surface area (Å²) in [5, 5.41) is 3.60. The van der Waals surface area contributed by atoms with Crippen LogP contribution in [-0.4, -0.2) is 6.54 Å². The van der Waals surface area contributed by atoms with E-state index >= 15 is 0 Å². The highest BCUT2D eigenvalue weighted by Crippen LogP contribution is 2.30. The Labute approximate surface area is 84.2 Å². The summed E-state index contributed by atoms with van der Waals surface area (Å²) in [4.78, 5) is 2.94. The van der Waals surface area contributed by atoms with Gasteiger partial charge in [0.05, 0.1) is 0 Å². The highest BCUT2D eigenvalue weighted by molar-refractivity contribution is 7.12. The van der Waals surface area contributed by atoms with E-state index in [1.165, 1.54) is 35.6 Å². The summed E-state index contributed by atoms with van der Waals surface area (Å²) in [6.07, 6.45) is 4.04. The first-order valence-corrected chi connectivity index (χ1v) is 5.89. The van der Waals surface area contributed by atoms with Crippen molar-refractivity contribution in [1.29, 1.82) is 0 Å². The quantitative estimate of drug-likeness (QED) is 0.725. The molecule has 1 nitrogen and oxygen atoms in total. The third-order valence-electron chi connectivity index (χ3n) is 2.77. The second-order valence-electron chi connectivity index (χ2n) is 3.87. The van der Waals surface area contributed by atoms with E-state index in [4.69, 9.17) is 0 Å². The predicted molar refractivity (Wildman–Crippen MR) is 58.4 cm³/mol. The van der Waals surface area contributed by atoms with Crippen molar-refractivity contribution in [3.8, 4) is 0 Å². The number of hydrogen-bond acceptors (Lipinski definition) is 2. The molecule has 2 rings (SSSR count). The Morgan fingerprint density at radius 3 is 2.77 bits per heavy atom. The molecule has 1 aliphatic rings. The van der Waals surface area contributed by atoms with Gasteiger partial charge in [-0.2, -0.15) is 0 Å². The number of hydrogen-bond donors (Lipinski definition) is 1. The summed E-state index contributed by atoms with van der Waals surface area (Å²) >= 11 is 1.92. The molecule has 0 amide bonds. The van der Waals surface area contributed by atoms with Gasteiger partial charge in [0.15, 0.2) is 0 Å². The maximum absolute atomic E-state index is 3.60. The summed E-state index contributed by atoms with van der Waals surface area (Å²) in [5.41, 5.74) is 1.54. The first-order chi connectivity index (χ1) is 6.27. The first-order valence-electron chi connectivity index (χ1n) is 5.07. The summed E-state index contributed by atoms with van der Waals surface area (Å²) < 4.78 is 0. The SMILES string of the molecule is Cc1cc(C2CCCCN2)c(C)s1. The average molecular weight is 195 g/mol. The lowest BCUT2D eigenvalue weighted by atomic mass is 9.98. The second-order valence-corrected chi connectivity index (χ2v) is 5.33. The molecule has 1 N–H and O–H groups in total. The van der Waals surface area contributed by atoms with Crippen molar-refractivity contribution in [1.82, 2.24) is 5.32 Å². The molecule has 13 heavy (non-hydrogen) atoms. The van der Waals surface area contributed by atoms with Gasteiger partial charge < -0.3 is 5.32 Å². The maximum Gasteiger partial charge on any atom is 0.0331 e. The van der Waals surface area contributed by atoms with Gasteiger partial charge >= 0.3 is 0 Å². The monoisotopic (exact) mass is 195 g/mol. The van der Waals surface area contributed by atoms with Gasteiger partial charge in [-0.3, -0.25) is 0 Å². The van der Waals surface area contributed by atoms with Gasteiger partial charge in [0.1, 0.15) is 0 Å². The highest BCUT2D eigenvalue weighted by Gasteiger charge is 2.17. The molecule has 1 atom stereocenters. The first kappa shape index (κ1) is 9.22. The van der Waals surface area contributed by atoms with Crippen LogP contribution in [0.2, 0.25) is 0 Å². The minimum atomic E-state index is 0.638. The lowest BCUT2D eigenvalue weighted by Gasteiger charge is -2.23. The van der Waals surface area contributed by atoms with Crippen LogP contribution in [0.5, 0.6) is 0 Å². The van der Waals surface area contributed by atoms with Crippen molar-refractivity contribution in [2.45, 2.75) is 39.2 Å². The zero-order valence-electron chi connectivity index (χ0n) is 8.39. The lowest BCUT2D eigenvalue weighted by molar-refractivity contribution is 0.412. The van der Waals surface area contributed by atoms with Crippen LogP contribution in [0, 0.1) is 13.8 Å². The Morgan fingerprint density at radius 2 is 2.23 bits per heavy atom. The molecule has 1 aromatic rings. The minimum Gasteiger partial charge on any atom is -0.310 e. The lowest BCUT2D eigenvalue weighted by Crippen LogP contribution is -2.26. The molecule has 2 heteroatoms. The molecule has 1 aromatic heterocycles. The molecule has 1 saturated heterocycles. The van der Waals surface area contributed by atoms with Gasteiger partial charge in [-0.15, -0.1) is 11.3 Å². The molecule has 1 unspecified atom stereocenters. The van der Waals surface area contributed by atoms with E-state index in [2.05, 4.69) is 25.2 Å². The maximum atomic E-state index is 3.60. The Balaban J connectivity index is 2.18. The minimum absolute atomic E-state index is 0.638. The van der Waals surface area contributed by atoms with Crippen LogP contribution >= 0.6 is 11.3 Å². The van der Waals surface area contributed by atoms with Crippen molar-refractivity contribution in [2.75, 3.05) is 6.54 Å². The number of rotatable bonds is 1. The van der Waals surface area contributed by atoms with E-state index in [1.807, 2.05) is 11.3 Å². The van der Waals surface area contributed by atoms with Crippen LogP contribution < -0.4 is 5.32 Å². The van der Waals surface area contributed by atoms with Crippen molar-refractivity contribution in [3.63, 3.8) is 0 Å². The fourth-order valence-electron chi connectivity index (χ4n) is 2.11. The van der Waals surface area contributed by atoms with Gasteiger partial charge in [-0.25, -0.2) is 0 Å². The zero-order valence-corrected chi connectivity index (χ0v) is 9.21. The molecule has 2 heterocycles. The standard InChI is InChI=1S/C11H17NS/c1-8-7-10(9(2)13-8)11-5-3-4-6-12-11/h7,11-12H,3-6H2,1-2H3. The highest BCUT2D eigenvalue weighted by atomic mass is 32.1. The summed E-state index contributed by atoms with van der Waals surface area (Å²) in [5.74, 6) is 0. The van der Waals surface area contributed by atoms with Crippen LogP contribution in [0.3, 0.4) is 0 Å². The molecule has 0 spiro atoms. The van der Waals surface area contributed by atoms with E-state index in [0.717, 1.165) is 0 Å². The Morgan fingerprint density at radius 1 is 1.38 bits per heavy atom. The van der Waals surface area contributed by atoms with Crippen molar-refractivity contribution in [3.05, 3.63) is 21.4 Å². The largest absolute Gasteiger partial charge is 0.310 e. The van der Waals surface area contributed by atoms with Gasteiger partial charge in [0.2, 0.25) is 0 Å². The normalized spacial score (nSPS) is 23.4. The molecule has 0 bridgehead atoms. The Kier molecular flexibility index (Phi) is 2.70. The molecule has 0 saturated carbocycles. The second kappa shape index (κ2) is 3.81. The van der Waals surface area contributed by atoms with Crippen LogP contribution in [0.1, 0.15) is 40.6 Å². The summed E-state index contributed by atoms with van der Waals surface area (Å²) in [6, 6.07) is 2.99. The van der Waals surface area contributed by atoms with Crippen LogP contribution in [0.15, 0.2) is 6.07 Å². The topological polar surface area (TPSA) is 12.0 Å². The van der Waals surface area contributed by atoms with Gasteiger partial charge in [0.25, 0.3) is 0 Å². The van der Waals surface area contributed by atoms with Crippen LogP contribution in [0.4, 0.5) is 0 Å². The third kappa shape index (κ3) is 1.94. The van der Waals surface area contributed by atoms with Crippen LogP contribution in [-0.2, 0) is 0 Å². The van der Waals surface area contributed by atoms with E-state index < -0.39 is 0 Å². The molecular formula is C11H17NS. The molecule has 0 radical (unpaired) electrons. The van der Waals surface area contributed by atoms with E-state index in [-0.39, 0.29) is 0 Å². The van der Waals surface area contributed by atoms with Gasteiger partial charge in [0, 0.05) is 15.8 Å². The molecule has 72 valence electrons. The fraction of sp³-hybridized carbons (Fsp3) is 0.636. The predicted octanol–water partition coefficient (Wildman–Crippen LogP) is 3.18. The number of nitrogens with one attached hydrogen (secondary N) is 1.